The summed E-state index contributed by atoms with van der Waals surface area (Å²) in [5.74, 6) is 0.112. The Labute approximate surface area is 116 Å². The van der Waals surface area contributed by atoms with Crippen molar-refractivity contribution in [1.82, 2.24) is 4.98 Å². The van der Waals surface area contributed by atoms with Crippen molar-refractivity contribution in [2.75, 3.05) is 0 Å². The molecule has 0 saturated carbocycles. The minimum atomic E-state index is -0.374. The van der Waals surface area contributed by atoms with E-state index in [9.17, 15) is 4.79 Å². The normalized spacial score (nSPS) is 10.4. The number of fused-ring (bicyclic) bond motifs is 1. The van der Waals surface area contributed by atoms with Crippen LogP contribution in [-0.2, 0) is 0 Å². The minimum Gasteiger partial charge on any atom is -0.421 e. The first kappa shape index (κ1) is 12.4. The number of aryl methyl sites for hydroxylation is 1. The number of hydrogen-bond acceptors (Lipinski definition) is 3. The van der Waals surface area contributed by atoms with Crippen molar-refractivity contribution >= 4 is 16.9 Å². The maximum atomic E-state index is 12.1. The third-order valence-electron chi connectivity index (χ3n) is 3.16. The lowest BCUT2D eigenvalue weighted by atomic mass is 10.1. The van der Waals surface area contributed by atoms with Gasteiger partial charge in [0, 0.05) is 11.6 Å². The third kappa shape index (κ3) is 2.26. The van der Waals surface area contributed by atoms with Crippen molar-refractivity contribution in [3.05, 3.63) is 71.9 Å². The Bertz CT molecular complexity index is 766. The van der Waals surface area contributed by atoms with Crippen molar-refractivity contribution < 1.29 is 9.53 Å². The molecule has 20 heavy (non-hydrogen) atoms. The minimum absolute atomic E-state index is 0.374. The molecule has 0 aliphatic heterocycles. The fourth-order valence-electron chi connectivity index (χ4n) is 2.10. The Hall–Kier alpha value is -2.68. The maximum Gasteiger partial charge on any atom is 0.343 e. The molecule has 0 aliphatic rings. The summed E-state index contributed by atoms with van der Waals surface area (Å²) >= 11 is 0. The summed E-state index contributed by atoms with van der Waals surface area (Å²) < 4.78 is 5.47. The van der Waals surface area contributed by atoms with Gasteiger partial charge in [-0.05, 0) is 36.8 Å². The van der Waals surface area contributed by atoms with Gasteiger partial charge < -0.3 is 4.74 Å². The number of carbonyl (C=O) groups excluding carboxylic acids is 1. The molecule has 3 rings (SSSR count). The summed E-state index contributed by atoms with van der Waals surface area (Å²) in [6, 6.07) is 16.5. The second-order valence-electron chi connectivity index (χ2n) is 4.54. The molecule has 0 radical (unpaired) electrons. The molecule has 0 aliphatic carbocycles. The van der Waals surface area contributed by atoms with Crippen LogP contribution < -0.4 is 4.74 Å². The molecule has 0 fully saturated rings. The molecule has 0 amide bonds. The highest BCUT2D eigenvalue weighted by Crippen LogP contribution is 2.26. The highest BCUT2D eigenvalue weighted by molar-refractivity contribution is 5.94. The van der Waals surface area contributed by atoms with Gasteiger partial charge >= 0.3 is 5.97 Å². The summed E-state index contributed by atoms with van der Waals surface area (Å²) in [5.41, 5.74) is 2.33. The molecular formula is C17H13NO2. The van der Waals surface area contributed by atoms with Crippen LogP contribution in [0.25, 0.3) is 10.9 Å². The molecular weight excluding hydrogens is 250 g/mol. The van der Waals surface area contributed by atoms with Crippen molar-refractivity contribution in [3.8, 4) is 5.75 Å². The molecule has 2 aromatic carbocycles. The number of benzene rings is 2. The first-order chi connectivity index (χ1) is 9.75. The van der Waals surface area contributed by atoms with E-state index in [4.69, 9.17) is 4.74 Å². The quantitative estimate of drug-likeness (QED) is 0.522. The van der Waals surface area contributed by atoms with Gasteiger partial charge in [0.05, 0.1) is 5.56 Å². The lowest BCUT2D eigenvalue weighted by molar-refractivity contribution is 0.0737. The monoisotopic (exact) mass is 263 g/mol. The Morgan fingerprint density at radius 3 is 2.60 bits per heavy atom. The molecule has 1 aromatic heterocycles. The van der Waals surface area contributed by atoms with Gasteiger partial charge in [-0.15, -0.1) is 0 Å². The molecule has 1 heterocycles. The predicted octanol–water partition coefficient (Wildman–Crippen LogP) is 3.76. The smallest absolute Gasteiger partial charge is 0.343 e. The van der Waals surface area contributed by atoms with Gasteiger partial charge in [-0.3, -0.25) is 4.98 Å². The number of rotatable bonds is 2. The summed E-state index contributed by atoms with van der Waals surface area (Å²) in [4.78, 5) is 16.4. The van der Waals surface area contributed by atoms with Crippen molar-refractivity contribution in [2.24, 2.45) is 0 Å². The van der Waals surface area contributed by atoms with Gasteiger partial charge in [0.2, 0.25) is 0 Å². The van der Waals surface area contributed by atoms with Crippen LogP contribution in [0, 0.1) is 6.92 Å². The van der Waals surface area contributed by atoms with Gasteiger partial charge in [0.1, 0.15) is 5.52 Å². The molecule has 3 nitrogen and oxygen atoms in total. The maximum absolute atomic E-state index is 12.1. The number of nitrogens with zero attached hydrogens (tertiary/aromatic N) is 1. The van der Waals surface area contributed by atoms with Crippen LogP contribution in [0.15, 0.2) is 60.8 Å². The molecule has 0 unspecified atom stereocenters. The fraction of sp³-hybridized carbons (Fsp3) is 0.0588. The standard InChI is InChI=1S/C17H13NO2/c1-12-9-10-15(16-14(12)8-5-11-18-16)20-17(19)13-6-3-2-4-7-13/h2-11H,1H3. The number of hydrogen-bond donors (Lipinski definition) is 0. The fourth-order valence-corrected chi connectivity index (χ4v) is 2.10. The van der Waals surface area contributed by atoms with Crippen LogP contribution >= 0.6 is 0 Å². The number of ether oxygens (including phenoxy) is 1. The van der Waals surface area contributed by atoms with E-state index < -0.39 is 0 Å². The van der Waals surface area contributed by atoms with E-state index in [-0.39, 0.29) is 5.97 Å². The summed E-state index contributed by atoms with van der Waals surface area (Å²) in [5, 5.41) is 0.992. The van der Waals surface area contributed by atoms with E-state index in [1.807, 2.05) is 43.3 Å². The highest BCUT2D eigenvalue weighted by Gasteiger charge is 2.11. The van der Waals surface area contributed by atoms with E-state index in [2.05, 4.69) is 4.98 Å². The number of aromatic nitrogens is 1. The van der Waals surface area contributed by atoms with Crippen LogP contribution in [0.1, 0.15) is 15.9 Å². The lowest BCUT2D eigenvalue weighted by Gasteiger charge is -2.08. The van der Waals surface area contributed by atoms with E-state index in [1.54, 1.807) is 24.4 Å². The van der Waals surface area contributed by atoms with Crippen LogP contribution in [0.4, 0.5) is 0 Å². The summed E-state index contributed by atoms with van der Waals surface area (Å²) in [6.45, 7) is 2.01. The zero-order valence-electron chi connectivity index (χ0n) is 11.0. The van der Waals surface area contributed by atoms with Gasteiger partial charge in [0.25, 0.3) is 0 Å². The zero-order valence-corrected chi connectivity index (χ0v) is 11.0. The topological polar surface area (TPSA) is 39.2 Å². The van der Waals surface area contributed by atoms with E-state index in [0.29, 0.717) is 16.8 Å². The summed E-state index contributed by atoms with van der Waals surface area (Å²) in [7, 11) is 0. The Morgan fingerprint density at radius 2 is 1.80 bits per heavy atom. The SMILES string of the molecule is Cc1ccc(OC(=O)c2ccccc2)c2ncccc12. The third-order valence-corrected chi connectivity index (χ3v) is 3.16. The van der Waals surface area contributed by atoms with Crippen molar-refractivity contribution in [3.63, 3.8) is 0 Å². The Kier molecular flexibility index (Phi) is 3.17. The molecule has 98 valence electrons. The van der Waals surface area contributed by atoms with E-state index in [0.717, 1.165) is 10.9 Å². The van der Waals surface area contributed by atoms with Crippen LogP contribution in [-0.4, -0.2) is 11.0 Å². The summed E-state index contributed by atoms with van der Waals surface area (Å²) in [6.07, 6.45) is 1.70. The first-order valence-corrected chi connectivity index (χ1v) is 6.37. The van der Waals surface area contributed by atoms with Gasteiger partial charge in [-0.25, -0.2) is 4.79 Å². The van der Waals surface area contributed by atoms with Crippen molar-refractivity contribution in [2.45, 2.75) is 6.92 Å². The molecule has 0 atom stereocenters. The first-order valence-electron chi connectivity index (χ1n) is 6.37. The van der Waals surface area contributed by atoms with Gasteiger partial charge in [-0.2, -0.15) is 0 Å². The Morgan fingerprint density at radius 1 is 1.00 bits per heavy atom. The molecule has 0 N–H and O–H groups in total. The molecule has 0 bridgehead atoms. The van der Waals surface area contributed by atoms with Crippen LogP contribution in [0.5, 0.6) is 5.75 Å². The highest BCUT2D eigenvalue weighted by atomic mass is 16.5. The van der Waals surface area contributed by atoms with Crippen LogP contribution in [0.3, 0.4) is 0 Å². The average Bonchev–Trinajstić information content (AvgIpc) is 2.51. The second-order valence-corrected chi connectivity index (χ2v) is 4.54. The number of esters is 1. The second kappa shape index (κ2) is 5.13. The largest absolute Gasteiger partial charge is 0.421 e. The average molecular weight is 263 g/mol. The zero-order chi connectivity index (χ0) is 13.9. The lowest BCUT2D eigenvalue weighted by Crippen LogP contribution is -2.08. The van der Waals surface area contributed by atoms with Crippen molar-refractivity contribution in [1.29, 1.82) is 0 Å². The van der Waals surface area contributed by atoms with Crippen LogP contribution in [0.2, 0.25) is 0 Å². The molecule has 0 spiro atoms. The van der Waals surface area contributed by atoms with E-state index >= 15 is 0 Å². The Balaban J connectivity index is 2.00. The predicted molar refractivity (Wildman–Crippen MR) is 77.9 cm³/mol. The number of carbonyl (C=O) groups is 1. The molecule has 3 aromatic rings. The van der Waals surface area contributed by atoms with E-state index in [1.165, 1.54) is 0 Å². The number of pyridine rings is 1. The molecule has 0 saturated heterocycles. The molecule has 3 heteroatoms. The van der Waals surface area contributed by atoms with Gasteiger partial charge in [-0.1, -0.05) is 30.3 Å². The van der Waals surface area contributed by atoms with Gasteiger partial charge in [0.15, 0.2) is 5.75 Å².